The normalized spacial score (nSPS) is 10.3. The van der Waals surface area contributed by atoms with Gasteiger partial charge in [-0.3, -0.25) is 4.98 Å². The molecule has 0 radical (unpaired) electrons. The van der Waals surface area contributed by atoms with Crippen molar-refractivity contribution in [2.45, 2.75) is 26.4 Å². The largest absolute Gasteiger partial charge is 0.477 e. The lowest BCUT2D eigenvalue weighted by atomic mass is 10.1. The fourth-order valence-electron chi connectivity index (χ4n) is 1.70. The Morgan fingerprint density at radius 1 is 1.15 bits per heavy atom. The molecule has 0 fully saturated rings. The molecule has 106 valence electrons. The molecule has 1 heterocycles. The topological polar surface area (TPSA) is 73.1 Å². The van der Waals surface area contributed by atoms with Gasteiger partial charge >= 0.3 is 0 Å². The van der Waals surface area contributed by atoms with E-state index in [2.05, 4.69) is 34.3 Å². The zero-order valence-electron chi connectivity index (χ0n) is 11.7. The number of hydrogen-bond donors (Lipinski definition) is 2. The van der Waals surface area contributed by atoms with Gasteiger partial charge in [0.15, 0.2) is 0 Å². The predicted molar refractivity (Wildman–Crippen MR) is 79.5 cm³/mol. The smallest absolute Gasteiger partial charge is 0.234 e. The van der Waals surface area contributed by atoms with Crippen molar-refractivity contribution in [2.24, 2.45) is 5.73 Å². The molecule has 0 bridgehead atoms. The Hall–Kier alpha value is -2.14. The van der Waals surface area contributed by atoms with Crippen LogP contribution in [0.3, 0.4) is 0 Å². The lowest BCUT2D eigenvalue weighted by molar-refractivity contribution is 0.304. The number of anilines is 1. The first-order chi connectivity index (χ1) is 9.81. The minimum absolute atomic E-state index is 0.551. The van der Waals surface area contributed by atoms with Crippen LogP contribution in [0.1, 0.15) is 24.5 Å². The van der Waals surface area contributed by atoms with E-state index in [9.17, 15) is 0 Å². The molecule has 0 saturated carbocycles. The quantitative estimate of drug-likeness (QED) is 0.809. The summed E-state index contributed by atoms with van der Waals surface area (Å²) in [5.74, 6) is 1.26. The molecular formula is C15H20N4O. The van der Waals surface area contributed by atoms with E-state index in [1.54, 1.807) is 12.4 Å². The lowest BCUT2D eigenvalue weighted by Gasteiger charge is -2.08. The molecule has 0 saturated heterocycles. The average molecular weight is 272 g/mol. The molecule has 1 aromatic heterocycles. The zero-order chi connectivity index (χ0) is 14.2. The molecule has 0 spiro atoms. The van der Waals surface area contributed by atoms with Crippen molar-refractivity contribution in [1.29, 1.82) is 0 Å². The SMILES string of the molecule is CCCOc1cncc(NCc2ccc(CN)cc2)n1. The standard InChI is InChI=1S/C15H20N4O/c1-2-7-20-15-11-17-10-14(19-15)18-9-13-5-3-12(8-16)4-6-13/h3-6,10-11H,2,7-9,16H2,1H3,(H,18,19). The number of aromatic nitrogens is 2. The Morgan fingerprint density at radius 3 is 2.60 bits per heavy atom. The van der Waals surface area contributed by atoms with Gasteiger partial charge in [-0.25, -0.2) is 0 Å². The number of hydrogen-bond acceptors (Lipinski definition) is 5. The molecule has 0 atom stereocenters. The van der Waals surface area contributed by atoms with E-state index >= 15 is 0 Å². The van der Waals surface area contributed by atoms with Crippen molar-refractivity contribution in [3.63, 3.8) is 0 Å². The van der Waals surface area contributed by atoms with E-state index in [4.69, 9.17) is 10.5 Å². The summed E-state index contributed by atoms with van der Waals surface area (Å²) in [6.07, 6.45) is 4.26. The second-order valence-electron chi connectivity index (χ2n) is 4.47. The monoisotopic (exact) mass is 272 g/mol. The van der Waals surface area contributed by atoms with Gasteiger partial charge in [0, 0.05) is 13.1 Å². The molecule has 2 aromatic rings. The number of rotatable bonds is 7. The molecule has 1 aromatic carbocycles. The maximum atomic E-state index is 5.57. The molecule has 0 aliphatic rings. The second-order valence-corrected chi connectivity index (χ2v) is 4.47. The minimum atomic E-state index is 0.551. The fourth-order valence-corrected chi connectivity index (χ4v) is 1.70. The van der Waals surface area contributed by atoms with Gasteiger partial charge in [0.2, 0.25) is 5.88 Å². The van der Waals surface area contributed by atoms with Crippen LogP contribution >= 0.6 is 0 Å². The first-order valence-electron chi connectivity index (χ1n) is 6.78. The van der Waals surface area contributed by atoms with Crippen LogP contribution in [0, 0.1) is 0 Å². The Balaban J connectivity index is 1.92. The Morgan fingerprint density at radius 2 is 1.90 bits per heavy atom. The van der Waals surface area contributed by atoms with E-state index in [1.165, 1.54) is 5.56 Å². The van der Waals surface area contributed by atoms with Crippen LogP contribution in [0.4, 0.5) is 5.82 Å². The van der Waals surface area contributed by atoms with Gasteiger partial charge in [-0.1, -0.05) is 31.2 Å². The summed E-state index contributed by atoms with van der Waals surface area (Å²) < 4.78 is 5.45. The summed E-state index contributed by atoms with van der Waals surface area (Å²) in [5, 5.41) is 3.23. The summed E-state index contributed by atoms with van der Waals surface area (Å²) in [6.45, 7) is 3.96. The third kappa shape index (κ3) is 4.20. The number of benzene rings is 1. The van der Waals surface area contributed by atoms with E-state index in [1.807, 2.05) is 12.1 Å². The van der Waals surface area contributed by atoms with Crippen LogP contribution in [0.15, 0.2) is 36.7 Å². The Labute approximate surface area is 119 Å². The van der Waals surface area contributed by atoms with Crippen LogP contribution in [0.2, 0.25) is 0 Å². The van der Waals surface area contributed by atoms with Crippen LogP contribution in [0.25, 0.3) is 0 Å². The second kappa shape index (κ2) is 7.45. The highest BCUT2D eigenvalue weighted by Gasteiger charge is 2.00. The number of nitrogens with two attached hydrogens (primary N) is 1. The van der Waals surface area contributed by atoms with Crippen LogP contribution in [-0.4, -0.2) is 16.6 Å². The highest BCUT2D eigenvalue weighted by Crippen LogP contribution is 2.11. The van der Waals surface area contributed by atoms with Crippen LogP contribution in [0.5, 0.6) is 5.88 Å². The van der Waals surface area contributed by atoms with E-state index in [-0.39, 0.29) is 0 Å². The predicted octanol–water partition coefficient (Wildman–Crippen LogP) is 2.34. The van der Waals surface area contributed by atoms with Crippen molar-refractivity contribution >= 4 is 5.82 Å². The molecule has 5 nitrogen and oxygen atoms in total. The maximum Gasteiger partial charge on any atom is 0.234 e. The maximum absolute atomic E-state index is 5.57. The molecule has 5 heteroatoms. The van der Waals surface area contributed by atoms with E-state index in [0.29, 0.717) is 31.4 Å². The summed E-state index contributed by atoms with van der Waals surface area (Å²) in [6, 6.07) is 8.17. The molecule has 20 heavy (non-hydrogen) atoms. The van der Waals surface area contributed by atoms with Crippen molar-refractivity contribution in [1.82, 2.24) is 9.97 Å². The third-order valence-corrected chi connectivity index (χ3v) is 2.80. The van der Waals surface area contributed by atoms with Crippen molar-refractivity contribution < 1.29 is 4.74 Å². The van der Waals surface area contributed by atoms with Gasteiger partial charge in [-0.05, 0) is 17.5 Å². The Bertz CT molecular complexity index is 528. The molecule has 0 amide bonds. The van der Waals surface area contributed by atoms with Crippen LogP contribution in [-0.2, 0) is 13.1 Å². The third-order valence-electron chi connectivity index (χ3n) is 2.80. The lowest BCUT2D eigenvalue weighted by Crippen LogP contribution is -2.04. The van der Waals surface area contributed by atoms with Gasteiger partial charge < -0.3 is 15.8 Å². The average Bonchev–Trinajstić information content (AvgIpc) is 2.52. The first-order valence-corrected chi connectivity index (χ1v) is 6.78. The van der Waals surface area contributed by atoms with Gasteiger partial charge in [0.1, 0.15) is 5.82 Å². The summed E-state index contributed by atoms with van der Waals surface area (Å²) >= 11 is 0. The van der Waals surface area contributed by atoms with E-state index in [0.717, 1.165) is 12.0 Å². The number of nitrogens with zero attached hydrogens (tertiary/aromatic N) is 2. The van der Waals surface area contributed by atoms with Gasteiger partial charge in [-0.2, -0.15) is 4.98 Å². The highest BCUT2D eigenvalue weighted by molar-refractivity contribution is 5.35. The van der Waals surface area contributed by atoms with Crippen LogP contribution < -0.4 is 15.8 Å². The summed E-state index contributed by atoms with van der Waals surface area (Å²) in [4.78, 5) is 8.45. The summed E-state index contributed by atoms with van der Waals surface area (Å²) in [5.41, 5.74) is 7.87. The highest BCUT2D eigenvalue weighted by atomic mass is 16.5. The molecule has 0 aliphatic heterocycles. The number of nitrogens with one attached hydrogen (secondary N) is 1. The molecule has 0 aliphatic carbocycles. The molecule has 2 rings (SSSR count). The number of ether oxygens (including phenoxy) is 1. The minimum Gasteiger partial charge on any atom is -0.477 e. The van der Waals surface area contributed by atoms with E-state index < -0.39 is 0 Å². The zero-order valence-corrected chi connectivity index (χ0v) is 11.7. The first kappa shape index (κ1) is 14.3. The van der Waals surface area contributed by atoms with Crippen molar-refractivity contribution in [3.05, 3.63) is 47.8 Å². The van der Waals surface area contributed by atoms with Crippen molar-refractivity contribution in [3.8, 4) is 5.88 Å². The summed E-state index contributed by atoms with van der Waals surface area (Å²) in [7, 11) is 0. The van der Waals surface area contributed by atoms with Crippen molar-refractivity contribution in [2.75, 3.05) is 11.9 Å². The van der Waals surface area contributed by atoms with Gasteiger partial charge in [0.25, 0.3) is 0 Å². The molecule has 0 unspecified atom stereocenters. The van der Waals surface area contributed by atoms with Gasteiger partial charge in [-0.15, -0.1) is 0 Å². The molecular weight excluding hydrogens is 252 g/mol. The Kier molecular flexibility index (Phi) is 5.32. The molecule has 3 N–H and O–H groups in total. The fraction of sp³-hybridized carbons (Fsp3) is 0.333. The van der Waals surface area contributed by atoms with Gasteiger partial charge in [0.05, 0.1) is 19.0 Å².